The van der Waals surface area contributed by atoms with Gasteiger partial charge in [0.25, 0.3) is 11.6 Å². The molecule has 0 bridgehead atoms. The largest absolute Gasteiger partial charge is 0.484 e. The van der Waals surface area contributed by atoms with E-state index in [9.17, 15) is 14.9 Å². The molecular formula is C18H19N3O4S. The number of ether oxygens (including phenoxy) is 1. The Balaban J connectivity index is 1.87. The van der Waals surface area contributed by atoms with Crippen molar-refractivity contribution in [2.24, 2.45) is 0 Å². The van der Waals surface area contributed by atoms with E-state index in [1.165, 1.54) is 17.7 Å². The van der Waals surface area contributed by atoms with Crippen molar-refractivity contribution in [2.75, 3.05) is 11.9 Å². The molecule has 0 fully saturated rings. The highest BCUT2D eigenvalue weighted by Gasteiger charge is 2.11. The van der Waals surface area contributed by atoms with Crippen LogP contribution in [0.4, 0.5) is 11.4 Å². The van der Waals surface area contributed by atoms with Crippen LogP contribution in [-0.4, -0.2) is 22.5 Å². The molecule has 26 heavy (non-hydrogen) atoms. The van der Waals surface area contributed by atoms with Gasteiger partial charge in [0.1, 0.15) is 5.75 Å². The third-order valence-electron chi connectivity index (χ3n) is 3.63. The predicted octanol–water partition coefficient (Wildman–Crippen LogP) is 3.36. The molecule has 0 heterocycles. The average Bonchev–Trinajstić information content (AvgIpc) is 2.62. The predicted molar refractivity (Wildman–Crippen MR) is 104 cm³/mol. The van der Waals surface area contributed by atoms with Crippen molar-refractivity contribution < 1.29 is 14.5 Å². The van der Waals surface area contributed by atoms with Gasteiger partial charge in [-0.05, 0) is 48.8 Å². The van der Waals surface area contributed by atoms with Gasteiger partial charge >= 0.3 is 0 Å². The molecule has 0 atom stereocenters. The zero-order chi connectivity index (χ0) is 19.1. The normalized spacial score (nSPS) is 10.1. The zero-order valence-electron chi connectivity index (χ0n) is 14.4. The summed E-state index contributed by atoms with van der Waals surface area (Å²) in [7, 11) is 0. The number of carbonyl (C=O) groups is 1. The van der Waals surface area contributed by atoms with Crippen molar-refractivity contribution in [3.8, 4) is 5.75 Å². The number of anilines is 1. The molecule has 2 rings (SSSR count). The number of amides is 1. The molecule has 0 aromatic heterocycles. The summed E-state index contributed by atoms with van der Waals surface area (Å²) in [5.41, 5.74) is 2.34. The number of nitro benzene ring substituents is 1. The number of rotatable bonds is 6. The van der Waals surface area contributed by atoms with Gasteiger partial charge in [0.15, 0.2) is 11.7 Å². The second-order valence-electron chi connectivity index (χ2n) is 5.54. The fraction of sp³-hybridized carbons (Fsp3) is 0.222. The van der Waals surface area contributed by atoms with Crippen molar-refractivity contribution in [3.05, 3.63) is 63.7 Å². The van der Waals surface area contributed by atoms with Crippen LogP contribution in [0.2, 0.25) is 0 Å². The molecule has 0 aliphatic rings. The van der Waals surface area contributed by atoms with Crippen LogP contribution in [0.1, 0.15) is 18.1 Å². The van der Waals surface area contributed by atoms with E-state index in [-0.39, 0.29) is 17.4 Å². The Bertz CT molecular complexity index is 822. The number of non-ortho nitro benzene ring substituents is 1. The number of hydrogen-bond donors (Lipinski definition) is 2. The first-order valence-corrected chi connectivity index (χ1v) is 8.37. The highest BCUT2D eigenvalue weighted by molar-refractivity contribution is 7.80. The van der Waals surface area contributed by atoms with E-state index in [2.05, 4.69) is 17.6 Å². The maximum atomic E-state index is 11.9. The number of thiocarbonyl (C=S) groups is 1. The molecule has 0 aliphatic heterocycles. The number of aryl methyl sites for hydroxylation is 2. The quantitative estimate of drug-likeness (QED) is 0.458. The molecule has 2 aromatic carbocycles. The Morgan fingerprint density at radius 1 is 1.23 bits per heavy atom. The fourth-order valence-electron chi connectivity index (χ4n) is 2.14. The average molecular weight is 373 g/mol. The van der Waals surface area contributed by atoms with Gasteiger partial charge in [0.2, 0.25) is 0 Å². The molecule has 2 aromatic rings. The molecule has 7 nitrogen and oxygen atoms in total. The fourth-order valence-corrected chi connectivity index (χ4v) is 2.37. The Labute approximate surface area is 156 Å². The van der Waals surface area contributed by atoms with Gasteiger partial charge in [-0.2, -0.15) is 0 Å². The van der Waals surface area contributed by atoms with Crippen molar-refractivity contribution >= 4 is 34.6 Å². The summed E-state index contributed by atoms with van der Waals surface area (Å²) < 4.78 is 5.40. The van der Waals surface area contributed by atoms with Crippen LogP contribution in [-0.2, 0) is 11.2 Å². The highest BCUT2D eigenvalue weighted by Crippen LogP contribution is 2.21. The van der Waals surface area contributed by atoms with E-state index in [1.807, 2.05) is 12.1 Å². The number of carbonyl (C=O) groups excluding carboxylic acids is 1. The van der Waals surface area contributed by atoms with E-state index < -0.39 is 10.8 Å². The number of nitrogens with one attached hydrogen (secondary N) is 2. The maximum Gasteiger partial charge on any atom is 0.271 e. The zero-order valence-corrected chi connectivity index (χ0v) is 15.3. The molecule has 0 spiro atoms. The summed E-state index contributed by atoms with van der Waals surface area (Å²) in [6.45, 7) is 3.64. The third-order valence-corrected chi connectivity index (χ3v) is 3.84. The van der Waals surface area contributed by atoms with Crippen molar-refractivity contribution in [1.29, 1.82) is 0 Å². The smallest absolute Gasteiger partial charge is 0.271 e. The van der Waals surface area contributed by atoms with Gasteiger partial charge in [-0.1, -0.05) is 25.1 Å². The number of benzene rings is 2. The van der Waals surface area contributed by atoms with E-state index >= 15 is 0 Å². The van der Waals surface area contributed by atoms with E-state index in [1.54, 1.807) is 25.1 Å². The molecule has 0 saturated carbocycles. The molecule has 8 heteroatoms. The van der Waals surface area contributed by atoms with Crippen molar-refractivity contribution in [1.82, 2.24) is 5.32 Å². The van der Waals surface area contributed by atoms with E-state index in [0.717, 1.165) is 12.0 Å². The SMILES string of the molecule is CCc1ccc(OCC(=O)NC(=S)Nc2cc([N+](=O)[O-])ccc2C)cc1. The maximum absolute atomic E-state index is 11.9. The van der Waals surface area contributed by atoms with E-state index in [4.69, 9.17) is 17.0 Å². The van der Waals surface area contributed by atoms with Crippen LogP contribution in [0.25, 0.3) is 0 Å². The van der Waals surface area contributed by atoms with Crippen LogP contribution in [0, 0.1) is 17.0 Å². The van der Waals surface area contributed by atoms with Gasteiger partial charge in [-0.25, -0.2) is 0 Å². The summed E-state index contributed by atoms with van der Waals surface area (Å²) >= 11 is 5.08. The van der Waals surface area contributed by atoms with Gasteiger partial charge in [-0.15, -0.1) is 0 Å². The van der Waals surface area contributed by atoms with Gasteiger partial charge in [0.05, 0.1) is 4.92 Å². The van der Waals surface area contributed by atoms with Crippen molar-refractivity contribution in [3.63, 3.8) is 0 Å². The molecule has 0 radical (unpaired) electrons. The second kappa shape index (κ2) is 8.91. The number of nitrogens with zero attached hydrogens (tertiary/aromatic N) is 1. The Hall–Kier alpha value is -3.00. The Kier molecular flexibility index (Phi) is 6.62. The first-order chi connectivity index (χ1) is 12.4. The molecule has 0 unspecified atom stereocenters. The lowest BCUT2D eigenvalue weighted by molar-refractivity contribution is -0.384. The number of nitro groups is 1. The first kappa shape index (κ1) is 19.3. The molecular weight excluding hydrogens is 354 g/mol. The van der Waals surface area contributed by atoms with Gasteiger partial charge < -0.3 is 10.1 Å². The topological polar surface area (TPSA) is 93.5 Å². The molecule has 1 amide bonds. The van der Waals surface area contributed by atoms with Crippen LogP contribution in [0.3, 0.4) is 0 Å². The Morgan fingerprint density at radius 2 is 1.92 bits per heavy atom. The molecule has 0 saturated heterocycles. The van der Waals surface area contributed by atoms with Gasteiger partial charge in [0, 0.05) is 17.8 Å². The van der Waals surface area contributed by atoms with Crippen LogP contribution in [0.5, 0.6) is 5.75 Å². The minimum Gasteiger partial charge on any atom is -0.484 e. The minimum atomic E-state index is -0.496. The summed E-state index contributed by atoms with van der Waals surface area (Å²) in [6.07, 6.45) is 0.928. The lowest BCUT2D eigenvalue weighted by Gasteiger charge is -2.12. The van der Waals surface area contributed by atoms with Crippen LogP contribution in [0.15, 0.2) is 42.5 Å². The van der Waals surface area contributed by atoms with Crippen LogP contribution < -0.4 is 15.4 Å². The first-order valence-electron chi connectivity index (χ1n) is 7.96. The Morgan fingerprint density at radius 3 is 2.54 bits per heavy atom. The lowest BCUT2D eigenvalue weighted by atomic mass is 10.2. The highest BCUT2D eigenvalue weighted by atomic mass is 32.1. The monoisotopic (exact) mass is 373 g/mol. The summed E-state index contributed by atoms with van der Waals surface area (Å²) in [4.78, 5) is 22.3. The number of hydrogen-bond acceptors (Lipinski definition) is 5. The summed E-state index contributed by atoms with van der Waals surface area (Å²) in [5.74, 6) is 0.163. The second-order valence-corrected chi connectivity index (χ2v) is 5.95. The molecule has 2 N–H and O–H groups in total. The van der Waals surface area contributed by atoms with E-state index in [0.29, 0.717) is 11.4 Å². The molecule has 136 valence electrons. The van der Waals surface area contributed by atoms with Crippen LogP contribution >= 0.6 is 12.2 Å². The standard InChI is InChI=1S/C18H19N3O4S/c1-3-13-5-8-15(9-6-13)25-11-17(22)20-18(26)19-16-10-14(21(23)24)7-4-12(16)2/h4-10H,3,11H2,1-2H3,(H2,19,20,22,26). The summed E-state index contributed by atoms with van der Waals surface area (Å²) in [5, 5.41) is 16.2. The summed E-state index contributed by atoms with van der Waals surface area (Å²) in [6, 6.07) is 11.8. The van der Waals surface area contributed by atoms with Gasteiger partial charge in [-0.3, -0.25) is 20.2 Å². The van der Waals surface area contributed by atoms with Crippen molar-refractivity contribution in [2.45, 2.75) is 20.3 Å². The third kappa shape index (κ3) is 5.52. The lowest BCUT2D eigenvalue weighted by Crippen LogP contribution is -2.37. The minimum absolute atomic E-state index is 0.0449. The molecule has 0 aliphatic carbocycles.